The molecule has 2 aromatic carbocycles. The van der Waals surface area contributed by atoms with Crippen LogP contribution in [-0.2, 0) is 6.18 Å². The Morgan fingerprint density at radius 3 is 2.35 bits per heavy atom. The molecule has 0 radical (unpaired) electrons. The molecule has 0 atom stereocenters. The molecule has 13 heteroatoms. The molecule has 0 unspecified atom stereocenters. The summed E-state index contributed by atoms with van der Waals surface area (Å²) in [6, 6.07) is 5.02. The number of nitriles is 1. The van der Waals surface area contributed by atoms with Crippen molar-refractivity contribution in [2.45, 2.75) is 6.18 Å². The zero-order chi connectivity index (χ0) is 27.1. The number of benzene rings is 2. The number of aromatic nitrogens is 2. The molecule has 0 fully saturated rings. The topological polar surface area (TPSA) is 97.2 Å². The zero-order valence-electron chi connectivity index (χ0n) is 18.8. The lowest BCUT2D eigenvalue weighted by Crippen LogP contribution is -2.10. The number of pyridine rings is 2. The first-order valence-electron chi connectivity index (χ1n) is 10.1. The van der Waals surface area contributed by atoms with E-state index in [1.165, 1.54) is 7.11 Å². The second kappa shape index (κ2) is 9.38. The Morgan fingerprint density at radius 1 is 1.00 bits per heavy atom. The van der Waals surface area contributed by atoms with Crippen LogP contribution in [0.5, 0.6) is 23.1 Å². The van der Waals surface area contributed by atoms with Gasteiger partial charge in [-0.15, -0.1) is 0 Å². The number of aromatic amines is 1. The number of nitrogens with zero attached hydrogens (tertiary/aromatic N) is 2. The predicted octanol–water partition coefficient (Wildman–Crippen LogP) is 5.71. The minimum Gasteiger partial charge on any atom is -0.490 e. The zero-order valence-corrected chi connectivity index (χ0v) is 18.8. The first kappa shape index (κ1) is 25.4. The highest BCUT2D eigenvalue weighted by molar-refractivity contribution is 5.88. The van der Waals surface area contributed by atoms with E-state index in [1.807, 2.05) is 0 Å². The van der Waals surface area contributed by atoms with Gasteiger partial charge in [0, 0.05) is 11.6 Å². The van der Waals surface area contributed by atoms with Crippen molar-refractivity contribution in [3.8, 4) is 40.5 Å². The maximum absolute atomic E-state index is 14.6. The largest absolute Gasteiger partial charge is 0.490 e. The van der Waals surface area contributed by atoms with E-state index < -0.39 is 51.9 Å². The molecular weight excluding hydrogens is 508 g/mol. The lowest BCUT2D eigenvalue weighted by Gasteiger charge is -2.17. The Labute approximate surface area is 203 Å². The number of nitrogens with one attached hydrogen (secondary N) is 1. The number of rotatable bonds is 5. The molecule has 1 N–H and O–H groups in total. The number of hydrogen-bond acceptors (Lipinski definition) is 6. The maximum atomic E-state index is 14.6. The lowest BCUT2D eigenvalue weighted by atomic mass is 10.0. The molecule has 0 aliphatic rings. The highest BCUT2D eigenvalue weighted by atomic mass is 19.4. The van der Waals surface area contributed by atoms with Crippen molar-refractivity contribution in [3.05, 3.63) is 75.3 Å². The van der Waals surface area contributed by atoms with E-state index in [-0.39, 0.29) is 33.6 Å². The van der Waals surface area contributed by atoms with E-state index in [1.54, 1.807) is 6.07 Å². The minimum atomic E-state index is -5.14. The van der Waals surface area contributed by atoms with Crippen LogP contribution in [-0.4, -0.2) is 24.2 Å². The first-order valence-corrected chi connectivity index (χ1v) is 10.1. The SMILES string of the molecule is COc1ncc2[nH]c(-c3cc(F)c(C(F)(F)F)cc3Oc3ccc(F)c(F)c3OC)cc(=O)c2c1C#N. The molecule has 0 aliphatic heterocycles. The highest BCUT2D eigenvalue weighted by Crippen LogP contribution is 2.43. The summed E-state index contributed by atoms with van der Waals surface area (Å²) in [5.41, 5.74) is -3.30. The normalized spacial score (nSPS) is 11.3. The Hall–Kier alpha value is -4.73. The van der Waals surface area contributed by atoms with Crippen molar-refractivity contribution < 1.29 is 40.6 Å². The fourth-order valence-corrected chi connectivity index (χ4v) is 3.60. The van der Waals surface area contributed by atoms with Crippen LogP contribution in [0.4, 0.5) is 26.3 Å². The van der Waals surface area contributed by atoms with Gasteiger partial charge in [0.05, 0.1) is 42.6 Å². The van der Waals surface area contributed by atoms with Gasteiger partial charge in [0.1, 0.15) is 23.2 Å². The summed E-state index contributed by atoms with van der Waals surface area (Å²) in [4.78, 5) is 19.5. The van der Waals surface area contributed by atoms with Crippen LogP contribution in [0.2, 0.25) is 0 Å². The summed E-state index contributed by atoms with van der Waals surface area (Å²) >= 11 is 0. The van der Waals surface area contributed by atoms with E-state index in [4.69, 9.17) is 14.2 Å². The minimum absolute atomic E-state index is 0.0171. The van der Waals surface area contributed by atoms with Crippen molar-refractivity contribution >= 4 is 10.9 Å². The highest BCUT2D eigenvalue weighted by Gasteiger charge is 2.36. The average molecular weight is 521 g/mol. The molecule has 4 aromatic rings. The third kappa shape index (κ3) is 4.49. The summed E-state index contributed by atoms with van der Waals surface area (Å²) in [5, 5.41) is 9.30. The second-order valence-corrected chi connectivity index (χ2v) is 7.41. The molecule has 7 nitrogen and oxygen atoms in total. The summed E-state index contributed by atoms with van der Waals surface area (Å²) in [5.74, 6) is -6.57. The molecule has 0 bridgehead atoms. The Bertz CT molecular complexity index is 1640. The number of H-pyrrole nitrogens is 1. The van der Waals surface area contributed by atoms with Gasteiger partial charge in [0.15, 0.2) is 17.0 Å². The molecular formula is C24H13F6N3O4. The maximum Gasteiger partial charge on any atom is 0.419 e. The van der Waals surface area contributed by atoms with E-state index >= 15 is 0 Å². The Kier molecular flexibility index (Phi) is 6.43. The van der Waals surface area contributed by atoms with Gasteiger partial charge < -0.3 is 19.2 Å². The molecule has 2 heterocycles. The van der Waals surface area contributed by atoms with Gasteiger partial charge in [-0.2, -0.15) is 22.8 Å². The van der Waals surface area contributed by atoms with Crippen LogP contribution in [0.25, 0.3) is 22.2 Å². The molecule has 4 rings (SSSR count). The van der Waals surface area contributed by atoms with Crippen molar-refractivity contribution in [1.29, 1.82) is 5.26 Å². The number of alkyl halides is 3. The van der Waals surface area contributed by atoms with E-state index in [0.29, 0.717) is 18.2 Å². The molecule has 0 amide bonds. The van der Waals surface area contributed by atoms with Gasteiger partial charge in [-0.3, -0.25) is 4.79 Å². The van der Waals surface area contributed by atoms with Gasteiger partial charge in [0.2, 0.25) is 17.4 Å². The second-order valence-electron chi connectivity index (χ2n) is 7.41. The summed E-state index contributed by atoms with van der Waals surface area (Å²) in [7, 11) is 2.21. The average Bonchev–Trinajstić information content (AvgIpc) is 2.85. The van der Waals surface area contributed by atoms with Crippen LogP contribution < -0.4 is 19.6 Å². The van der Waals surface area contributed by atoms with Gasteiger partial charge in [0.25, 0.3) is 0 Å². The standard InChI is InChI=1S/C24H13F6N3O4/c1-35-22-18(4-3-13(25)21(22)27)37-19-6-12(24(28,29)30)14(26)5-10(19)15-7-17(34)20-11(8-31)23(36-2)32-9-16(20)33-15/h3-7,9H,1-2H3,(H,33,34). The van der Waals surface area contributed by atoms with Gasteiger partial charge in [-0.05, 0) is 24.3 Å². The molecule has 0 saturated carbocycles. The van der Waals surface area contributed by atoms with Gasteiger partial charge >= 0.3 is 6.18 Å². The number of fused-ring (bicyclic) bond motifs is 1. The van der Waals surface area contributed by atoms with Gasteiger partial charge in [-0.25, -0.2) is 13.8 Å². The third-order valence-corrected chi connectivity index (χ3v) is 5.24. The van der Waals surface area contributed by atoms with E-state index in [9.17, 15) is 36.4 Å². The number of methoxy groups -OCH3 is 2. The fourth-order valence-electron chi connectivity index (χ4n) is 3.60. The fraction of sp³-hybridized carbons (Fsp3) is 0.125. The summed E-state index contributed by atoms with van der Waals surface area (Å²) < 4.78 is 97.9. The van der Waals surface area contributed by atoms with E-state index in [0.717, 1.165) is 25.4 Å². The summed E-state index contributed by atoms with van der Waals surface area (Å²) in [6.45, 7) is 0. The molecule has 0 saturated heterocycles. The van der Waals surface area contributed by atoms with Crippen LogP contribution in [0.15, 0.2) is 41.3 Å². The molecule has 2 aromatic heterocycles. The molecule has 37 heavy (non-hydrogen) atoms. The summed E-state index contributed by atoms with van der Waals surface area (Å²) in [6.07, 6.45) is -4.00. The van der Waals surface area contributed by atoms with Crippen LogP contribution in [0.1, 0.15) is 11.1 Å². The molecule has 0 spiro atoms. The van der Waals surface area contributed by atoms with Crippen molar-refractivity contribution in [2.24, 2.45) is 0 Å². The lowest BCUT2D eigenvalue weighted by molar-refractivity contribution is -0.140. The number of ether oxygens (including phenoxy) is 3. The quantitative estimate of drug-likeness (QED) is 0.338. The van der Waals surface area contributed by atoms with Crippen LogP contribution >= 0.6 is 0 Å². The molecule has 190 valence electrons. The number of halogens is 6. The monoisotopic (exact) mass is 521 g/mol. The van der Waals surface area contributed by atoms with Crippen molar-refractivity contribution in [1.82, 2.24) is 9.97 Å². The predicted molar refractivity (Wildman–Crippen MR) is 117 cm³/mol. The van der Waals surface area contributed by atoms with Crippen molar-refractivity contribution in [3.63, 3.8) is 0 Å². The van der Waals surface area contributed by atoms with Crippen LogP contribution in [0.3, 0.4) is 0 Å². The van der Waals surface area contributed by atoms with Crippen molar-refractivity contribution in [2.75, 3.05) is 14.2 Å². The first-order chi connectivity index (χ1) is 17.5. The Balaban J connectivity index is 1.99. The van der Waals surface area contributed by atoms with Crippen LogP contribution in [0, 0.1) is 28.8 Å². The smallest absolute Gasteiger partial charge is 0.419 e. The molecule has 0 aliphatic carbocycles. The number of hydrogen-bond donors (Lipinski definition) is 1. The van der Waals surface area contributed by atoms with E-state index in [2.05, 4.69) is 9.97 Å². The Morgan fingerprint density at radius 2 is 1.73 bits per heavy atom. The van der Waals surface area contributed by atoms with Gasteiger partial charge in [-0.1, -0.05) is 0 Å². The third-order valence-electron chi connectivity index (χ3n) is 5.24.